The summed E-state index contributed by atoms with van der Waals surface area (Å²) in [7, 11) is 0. The fourth-order valence-corrected chi connectivity index (χ4v) is 2.62. The number of benzene rings is 1. The average Bonchev–Trinajstić information content (AvgIpc) is 2.66. The molecule has 1 amide bonds. The number of nitrogens with one attached hydrogen (secondary N) is 1. The van der Waals surface area contributed by atoms with E-state index in [1.807, 2.05) is 24.3 Å². The van der Waals surface area contributed by atoms with E-state index in [-0.39, 0.29) is 5.91 Å². The molecule has 1 N–H and O–H groups in total. The molecular weight excluding hydrogens is 326 g/mol. The standard InChI is InChI=1S/C21H29N3O2/c1-5-24(6-2)14-13-23-21(25)18-11-12-22-20(15-18)26-19-9-7-17(8-10-19)16(3)4/h7-12,15-16H,5-6,13-14H2,1-4H3,(H,23,25). The molecule has 1 aromatic carbocycles. The van der Waals surface area contributed by atoms with E-state index in [0.717, 1.165) is 19.6 Å². The summed E-state index contributed by atoms with van der Waals surface area (Å²) in [5.41, 5.74) is 1.81. The highest BCUT2D eigenvalue weighted by Gasteiger charge is 2.09. The zero-order valence-electron chi connectivity index (χ0n) is 16.2. The maximum atomic E-state index is 12.3. The Morgan fingerprint density at radius 3 is 2.46 bits per heavy atom. The molecular formula is C21H29N3O2. The van der Waals surface area contributed by atoms with Crippen LogP contribution in [0.1, 0.15) is 49.5 Å². The minimum absolute atomic E-state index is 0.112. The Morgan fingerprint density at radius 2 is 1.85 bits per heavy atom. The lowest BCUT2D eigenvalue weighted by atomic mass is 10.0. The third-order valence-electron chi connectivity index (χ3n) is 4.37. The number of rotatable bonds is 9. The van der Waals surface area contributed by atoms with Crippen molar-refractivity contribution in [2.45, 2.75) is 33.6 Å². The zero-order chi connectivity index (χ0) is 18.9. The number of hydrogen-bond acceptors (Lipinski definition) is 4. The van der Waals surface area contributed by atoms with Crippen LogP contribution in [-0.4, -0.2) is 42.0 Å². The molecule has 140 valence electrons. The summed E-state index contributed by atoms with van der Waals surface area (Å²) in [5.74, 6) is 1.49. The van der Waals surface area contributed by atoms with Crippen molar-refractivity contribution in [2.75, 3.05) is 26.2 Å². The predicted molar refractivity (Wildman–Crippen MR) is 105 cm³/mol. The summed E-state index contributed by atoms with van der Waals surface area (Å²) in [6.07, 6.45) is 1.59. The van der Waals surface area contributed by atoms with Gasteiger partial charge in [0.25, 0.3) is 5.91 Å². The molecule has 0 bridgehead atoms. The number of amides is 1. The summed E-state index contributed by atoms with van der Waals surface area (Å²) >= 11 is 0. The summed E-state index contributed by atoms with van der Waals surface area (Å²) < 4.78 is 5.78. The van der Waals surface area contributed by atoms with Gasteiger partial charge < -0.3 is 15.0 Å². The van der Waals surface area contributed by atoms with Crippen LogP contribution in [0.25, 0.3) is 0 Å². The number of likely N-dealkylation sites (N-methyl/N-ethyl adjacent to an activating group) is 1. The van der Waals surface area contributed by atoms with Crippen molar-refractivity contribution in [3.63, 3.8) is 0 Å². The van der Waals surface area contributed by atoms with Gasteiger partial charge in [-0.1, -0.05) is 39.8 Å². The van der Waals surface area contributed by atoms with Crippen molar-refractivity contribution in [3.05, 3.63) is 53.7 Å². The van der Waals surface area contributed by atoms with Gasteiger partial charge in [0.05, 0.1) is 0 Å². The average molecular weight is 355 g/mol. The number of carbonyl (C=O) groups excluding carboxylic acids is 1. The molecule has 0 aliphatic heterocycles. The molecule has 0 fully saturated rings. The SMILES string of the molecule is CCN(CC)CCNC(=O)c1ccnc(Oc2ccc(C(C)C)cc2)c1. The molecule has 2 aromatic rings. The Kier molecular flexibility index (Phi) is 7.60. The number of aromatic nitrogens is 1. The molecule has 5 heteroatoms. The van der Waals surface area contributed by atoms with Gasteiger partial charge in [-0.05, 0) is 42.8 Å². The van der Waals surface area contributed by atoms with E-state index in [1.54, 1.807) is 18.3 Å². The molecule has 0 radical (unpaired) electrons. The lowest BCUT2D eigenvalue weighted by molar-refractivity contribution is 0.0948. The van der Waals surface area contributed by atoms with Crippen LogP contribution in [0.2, 0.25) is 0 Å². The first kappa shape index (κ1) is 19.9. The van der Waals surface area contributed by atoms with Gasteiger partial charge in [0, 0.05) is 30.9 Å². The van der Waals surface area contributed by atoms with E-state index in [4.69, 9.17) is 4.74 Å². The first-order valence-corrected chi connectivity index (χ1v) is 9.27. The molecule has 1 heterocycles. The number of nitrogens with zero attached hydrogens (tertiary/aromatic N) is 2. The van der Waals surface area contributed by atoms with Crippen LogP contribution in [0.4, 0.5) is 0 Å². The number of hydrogen-bond donors (Lipinski definition) is 1. The van der Waals surface area contributed by atoms with E-state index in [1.165, 1.54) is 5.56 Å². The van der Waals surface area contributed by atoms with Gasteiger partial charge in [0.15, 0.2) is 0 Å². The lowest BCUT2D eigenvalue weighted by Gasteiger charge is -2.18. The van der Waals surface area contributed by atoms with Crippen LogP contribution >= 0.6 is 0 Å². The molecule has 26 heavy (non-hydrogen) atoms. The second-order valence-electron chi connectivity index (χ2n) is 6.49. The molecule has 2 rings (SSSR count). The molecule has 5 nitrogen and oxygen atoms in total. The van der Waals surface area contributed by atoms with Gasteiger partial charge in [-0.15, -0.1) is 0 Å². The maximum absolute atomic E-state index is 12.3. The van der Waals surface area contributed by atoms with Crippen molar-refractivity contribution >= 4 is 5.91 Å². The summed E-state index contributed by atoms with van der Waals surface area (Å²) in [5, 5.41) is 2.95. The van der Waals surface area contributed by atoms with E-state index < -0.39 is 0 Å². The highest BCUT2D eigenvalue weighted by Crippen LogP contribution is 2.23. The zero-order valence-corrected chi connectivity index (χ0v) is 16.2. The van der Waals surface area contributed by atoms with E-state index in [0.29, 0.717) is 29.7 Å². The third kappa shape index (κ3) is 5.85. The van der Waals surface area contributed by atoms with Crippen molar-refractivity contribution in [1.29, 1.82) is 0 Å². The van der Waals surface area contributed by atoms with E-state index in [2.05, 4.69) is 42.9 Å². The Hall–Kier alpha value is -2.40. The van der Waals surface area contributed by atoms with Gasteiger partial charge in [-0.2, -0.15) is 0 Å². The first-order valence-electron chi connectivity index (χ1n) is 9.27. The second kappa shape index (κ2) is 9.92. The van der Waals surface area contributed by atoms with Crippen LogP contribution in [-0.2, 0) is 0 Å². The van der Waals surface area contributed by atoms with E-state index in [9.17, 15) is 4.79 Å². The highest BCUT2D eigenvalue weighted by atomic mass is 16.5. The van der Waals surface area contributed by atoms with Crippen LogP contribution in [0.3, 0.4) is 0 Å². The first-order chi connectivity index (χ1) is 12.5. The molecule has 0 atom stereocenters. The highest BCUT2D eigenvalue weighted by molar-refractivity contribution is 5.94. The Labute approximate surface area is 156 Å². The van der Waals surface area contributed by atoms with Crippen LogP contribution in [0.15, 0.2) is 42.6 Å². The lowest BCUT2D eigenvalue weighted by Crippen LogP contribution is -2.34. The molecule has 0 spiro atoms. The van der Waals surface area contributed by atoms with Gasteiger partial charge in [0.1, 0.15) is 5.75 Å². The van der Waals surface area contributed by atoms with Gasteiger partial charge in [0.2, 0.25) is 5.88 Å². The largest absolute Gasteiger partial charge is 0.439 e. The van der Waals surface area contributed by atoms with Crippen LogP contribution in [0, 0.1) is 0 Å². The fraction of sp³-hybridized carbons (Fsp3) is 0.429. The van der Waals surface area contributed by atoms with Crippen LogP contribution in [0.5, 0.6) is 11.6 Å². The molecule has 0 unspecified atom stereocenters. The Bertz CT molecular complexity index is 695. The van der Waals surface area contributed by atoms with Crippen molar-refractivity contribution < 1.29 is 9.53 Å². The normalized spacial score (nSPS) is 11.0. The molecule has 0 saturated carbocycles. The monoisotopic (exact) mass is 355 g/mol. The second-order valence-corrected chi connectivity index (χ2v) is 6.49. The quantitative estimate of drug-likeness (QED) is 0.737. The minimum atomic E-state index is -0.112. The van der Waals surface area contributed by atoms with Crippen molar-refractivity contribution in [1.82, 2.24) is 15.2 Å². The Morgan fingerprint density at radius 1 is 1.15 bits per heavy atom. The van der Waals surface area contributed by atoms with Gasteiger partial charge in [-0.25, -0.2) is 4.98 Å². The fourth-order valence-electron chi connectivity index (χ4n) is 2.62. The van der Waals surface area contributed by atoms with Crippen molar-refractivity contribution in [3.8, 4) is 11.6 Å². The number of carbonyl (C=O) groups is 1. The van der Waals surface area contributed by atoms with Gasteiger partial charge in [-0.3, -0.25) is 4.79 Å². The molecule has 0 saturated heterocycles. The van der Waals surface area contributed by atoms with E-state index >= 15 is 0 Å². The smallest absolute Gasteiger partial charge is 0.251 e. The summed E-state index contributed by atoms with van der Waals surface area (Å²) in [4.78, 5) is 18.8. The minimum Gasteiger partial charge on any atom is -0.439 e. The summed E-state index contributed by atoms with van der Waals surface area (Å²) in [6.45, 7) is 12.0. The summed E-state index contributed by atoms with van der Waals surface area (Å²) in [6, 6.07) is 11.3. The van der Waals surface area contributed by atoms with Gasteiger partial charge >= 0.3 is 0 Å². The molecule has 0 aliphatic rings. The third-order valence-corrected chi connectivity index (χ3v) is 4.37. The maximum Gasteiger partial charge on any atom is 0.251 e. The number of pyridine rings is 1. The topological polar surface area (TPSA) is 54.5 Å². The predicted octanol–water partition coefficient (Wildman–Crippen LogP) is 4.07. The molecule has 1 aromatic heterocycles. The number of ether oxygens (including phenoxy) is 1. The molecule has 0 aliphatic carbocycles. The van der Waals surface area contributed by atoms with Crippen molar-refractivity contribution in [2.24, 2.45) is 0 Å². The van der Waals surface area contributed by atoms with Crippen LogP contribution < -0.4 is 10.1 Å². The Balaban J connectivity index is 1.95.